The molecule has 17 N–H and O–H groups in total. The van der Waals surface area contributed by atoms with Crippen LogP contribution in [-0.4, -0.2) is 160 Å². The highest BCUT2D eigenvalue weighted by Crippen LogP contribution is 2.29. The van der Waals surface area contributed by atoms with E-state index < -0.39 is 142 Å². The van der Waals surface area contributed by atoms with Gasteiger partial charge in [0.05, 0.1) is 54.7 Å². The van der Waals surface area contributed by atoms with Crippen LogP contribution in [0.3, 0.4) is 0 Å². The molecule has 4 amide bonds. The van der Waals surface area contributed by atoms with E-state index in [-0.39, 0.29) is 76.6 Å². The Balaban J connectivity index is 0.000000312. The number of benzene rings is 10. The number of amides is 4. The summed E-state index contributed by atoms with van der Waals surface area (Å²) < 4.78 is 152. The molecule has 0 aliphatic heterocycles. The molecule has 0 saturated carbocycles. The number of hydrogen-bond donors (Lipinski definition) is 15. The first-order chi connectivity index (χ1) is 68.2. The molecule has 40 heteroatoms. The fourth-order valence-electron chi connectivity index (χ4n) is 14.2. The summed E-state index contributed by atoms with van der Waals surface area (Å²) >= 11 is 27.1. The predicted molar refractivity (Wildman–Crippen MR) is 573 cm³/mol. The third kappa shape index (κ3) is 51.9. The minimum absolute atomic E-state index is 0.0201. The van der Waals surface area contributed by atoms with Crippen molar-refractivity contribution in [3.05, 3.63) is 343 Å². The highest BCUT2D eigenvalue weighted by atomic mass is 79.9. The van der Waals surface area contributed by atoms with E-state index in [1.165, 1.54) is 73.5 Å². The maximum absolute atomic E-state index is 13.6. The van der Waals surface area contributed by atoms with Gasteiger partial charge in [0.1, 0.15) is 75.7 Å². The quantitative estimate of drug-likeness (QED) is 0.0125. The Morgan fingerprint density at radius 1 is 0.331 bits per heavy atom. The van der Waals surface area contributed by atoms with Gasteiger partial charge >= 0.3 is 12.2 Å². The Kier molecular flexibility index (Phi) is 57.4. The number of aryl methyl sites for hydroxylation is 2. The zero-order valence-electron chi connectivity index (χ0n) is 81.5. The van der Waals surface area contributed by atoms with Crippen molar-refractivity contribution in [3.8, 4) is 0 Å². The number of halogens is 18. The molecule has 0 heterocycles. The maximum Gasteiger partial charge on any atom is 0.407 e. The molecule has 10 rings (SSSR count). The number of carbonyl (C=O) groups excluding carboxylic acids is 5. The highest BCUT2D eigenvalue weighted by Gasteiger charge is 2.30. The fourth-order valence-corrected chi connectivity index (χ4v) is 16.8. The number of nitrogens with two attached hydrogens (primary N) is 2. The molecule has 10 aromatic rings. The summed E-state index contributed by atoms with van der Waals surface area (Å²) in [5.41, 5.74) is 19.3. The Hall–Kier alpha value is -7.95. The molecule has 22 nitrogen and oxygen atoms in total. The van der Waals surface area contributed by atoms with Crippen molar-refractivity contribution < 1.29 is 103 Å². The summed E-state index contributed by atoms with van der Waals surface area (Å²) in [4.78, 5) is 57.3. The maximum atomic E-state index is 13.6. The highest BCUT2D eigenvalue weighted by molar-refractivity contribution is 9.14. The average Bonchev–Trinajstić information content (AvgIpc) is 0.890. The molecular formula is C105H124Br8F10N10O12. The van der Waals surface area contributed by atoms with Gasteiger partial charge in [0.15, 0.2) is 0 Å². The lowest BCUT2D eigenvalue weighted by atomic mass is 9.97. The fraction of sp³-hybridized carbons (Fsp3) is 0.381. The van der Waals surface area contributed by atoms with Crippen molar-refractivity contribution in [1.29, 1.82) is 0 Å². The SMILES string of the molecule is CC(=O)N[C@@H](Cc1cc(F)cc(F)c1)[C@H](O)CNCc1ccc(Br)c(Br)c1.CC(C)(C)OC(=O)N[C@@H](Cc1cc(F)cc(F)c1)[C@H](O)CN.CC(C)(C)OC(=O)N[C@@H](Cc1cc(F)cc(F)c1)[C@H](O)CNCc1ccc(Br)c(Br)c1.CCCc1ccc(CNC[C@@H](O)[C@H](Cc2cc(F)cc(F)c2)NC(C)=O)cc1CCC.N[C@@H](Cc1cc(F)cc(F)c1)[C@H](O)CNCc1ccc(Br)c(Br)c1.O=Cc1ccc(Br)c(Br)c1. The molecule has 0 aliphatic rings. The van der Waals surface area contributed by atoms with Gasteiger partial charge < -0.3 is 89.0 Å². The Morgan fingerprint density at radius 2 is 0.586 bits per heavy atom. The molecule has 10 atom stereocenters. The second-order valence-corrected chi connectivity index (χ2v) is 42.8. The number of aldehydes is 1. The number of alkyl carbamates (subject to hydrolysis) is 2. The van der Waals surface area contributed by atoms with Crippen LogP contribution in [0.25, 0.3) is 0 Å². The Bertz CT molecular complexity index is 5690. The van der Waals surface area contributed by atoms with Gasteiger partial charge in [-0.2, -0.15) is 0 Å². The minimum atomic E-state index is -1.07. The average molecular weight is 2550 g/mol. The molecule has 0 fully saturated rings. The van der Waals surface area contributed by atoms with E-state index in [0.29, 0.717) is 59.6 Å². The molecule has 0 radical (unpaired) electrons. The first-order valence-electron chi connectivity index (χ1n) is 46.0. The van der Waals surface area contributed by atoms with Crippen LogP contribution in [0.5, 0.6) is 0 Å². The van der Waals surface area contributed by atoms with Gasteiger partial charge in [-0.25, -0.2) is 53.5 Å². The van der Waals surface area contributed by atoms with E-state index >= 15 is 0 Å². The van der Waals surface area contributed by atoms with Crippen LogP contribution in [0.4, 0.5) is 53.5 Å². The van der Waals surface area contributed by atoms with Crippen molar-refractivity contribution in [2.24, 2.45) is 11.5 Å². The number of hydrogen-bond acceptors (Lipinski definition) is 18. The number of aliphatic hydroxyl groups excluding tert-OH is 5. The van der Waals surface area contributed by atoms with Gasteiger partial charge in [-0.05, 0) is 384 Å². The number of rotatable bonds is 41. The van der Waals surface area contributed by atoms with E-state index in [1.807, 2.05) is 60.7 Å². The molecule has 0 aromatic heterocycles. The second kappa shape index (κ2) is 65.2. The van der Waals surface area contributed by atoms with Gasteiger partial charge in [-0.1, -0.05) is 69.2 Å². The van der Waals surface area contributed by atoms with E-state index in [9.17, 15) is 93.4 Å². The number of carbonyl (C=O) groups is 5. The second-order valence-electron chi connectivity index (χ2n) is 35.9. The topological polar surface area (TPSA) is 353 Å². The smallest absolute Gasteiger partial charge is 0.407 e. The zero-order chi connectivity index (χ0) is 108. The lowest BCUT2D eigenvalue weighted by Crippen LogP contribution is -2.49. The van der Waals surface area contributed by atoms with Crippen LogP contribution in [0.2, 0.25) is 0 Å². The van der Waals surface area contributed by atoms with Gasteiger partial charge in [-0.15, -0.1) is 0 Å². The van der Waals surface area contributed by atoms with Gasteiger partial charge in [0.25, 0.3) is 0 Å². The third-order valence-electron chi connectivity index (χ3n) is 20.8. The van der Waals surface area contributed by atoms with Crippen LogP contribution >= 0.6 is 127 Å². The predicted octanol–water partition coefficient (Wildman–Crippen LogP) is 21.1. The van der Waals surface area contributed by atoms with Gasteiger partial charge in [0.2, 0.25) is 11.8 Å². The van der Waals surface area contributed by atoms with Gasteiger partial charge in [0, 0.05) is 150 Å². The number of ether oxygens (including phenoxy) is 2. The first kappa shape index (κ1) is 128. The van der Waals surface area contributed by atoms with Crippen molar-refractivity contribution >= 4 is 158 Å². The molecular weight excluding hydrogens is 2420 g/mol. The summed E-state index contributed by atoms with van der Waals surface area (Å²) in [5.74, 6) is -7.58. The molecule has 10 aromatic carbocycles. The minimum Gasteiger partial charge on any atom is -0.444 e. The van der Waals surface area contributed by atoms with Crippen LogP contribution in [0, 0.1) is 58.2 Å². The van der Waals surface area contributed by atoms with E-state index in [4.69, 9.17) is 20.9 Å². The van der Waals surface area contributed by atoms with E-state index in [1.54, 1.807) is 53.7 Å². The zero-order valence-corrected chi connectivity index (χ0v) is 94.1. The summed E-state index contributed by atoms with van der Waals surface area (Å²) in [5, 5.41) is 74.8. The van der Waals surface area contributed by atoms with Gasteiger partial charge in [-0.3, -0.25) is 14.4 Å². The summed E-state index contributed by atoms with van der Waals surface area (Å²) in [6, 6.07) is 41.5. The van der Waals surface area contributed by atoms with Crippen LogP contribution in [0.15, 0.2) is 218 Å². The summed E-state index contributed by atoms with van der Waals surface area (Å²) in [6.45, 7) is 20.2. The van der Waals surface area contributed by atoms with E-state index in [0.717, 1.165) is 132 Å². The summed E-state index contributed by atoms with van der Waals surface area (Å²) in [6.07, 6.45) is -0.606. The molecule has 0 bridgehead atoms. The standard InChI is InChI=1S/C25H34F2N2O2.C22H26Br2F2N2O3.C19H20Br2F2N2O2.C17H18Br2F2N2O.C15H22F2N2O3.C7H4Br2O/c1-4-6-20-9-8-18(10-21(20)7-5-2)15-28-16-25(31)24(29-17(3)30)13-19-11-22(26)14-23(27)12-19;1-22(2,3)31-21(30)28-19(9-14-6-15(25)10-16(26)7-14)20(29)12-27-11-13-4-5-17(23)18(24)8-13;1-11(26)25-18(7-13-4-14(22)8-15(23)5-13)19(27)10-24-9-12-2-3-16(20)17(21)6-12;18-14-2-1-10(5-15(14)19)8-23-9-17(24)16(22)6-11-3-12(20)7-13(21)4-11;1-15(2,3)22-14(21)19-12(13(20)8-18)6-9-4-10(16)7-11(17)5-9;8-6-2-1-5(4-10)3-7(6)9/h8-12,14,24-25,28,31H,4-7,13,15-16H2,1-3H3,(H,29,30);4-8,10,19-20,27,29H,9,11-12H2,1-3H3,(H,28,30);2-6,8,18-19,24,27H,7,9-10H2,1H3,(H,25,26);1-5,7,16-17,23-24H,6,8-9,22H2;4-5,7,12-13,20H,6,8,18H2,1-3H3,(H,19,21);1-4H/t24-,25+;19-,20+;18-,19+;16-,17+;12-,13+;/m00000./s1. The van der Waals surface area contributed by atoms with Crippen molar-refractivity contribution in [2.45, 2.75) is 225 Å². The van der Waals surface area contributed by atoms with Crippen molar-refractivity contribution in [1.82, 2.24) is 42.5 Å². The number of aliphatic hydroxyl groups is 5. The lowest BCUT2D eigenvalue weighted by molar-refractivity contribution is -0.121. The molecule has 0 unspecified atom stereocenters. The van der Waals surface area contributed by atoms with Crippen LogP contribution in [-0.2, 0) is 90.2 Å². The molecule has 0 spiro atoms. The van der Waals surface area contributed by atoms with Crippen molar-refractivity contribution in [3.63, 3.8) is 0 Å². The first-order valence-corrected chi connectivity index (χ1v) is 52.3. The molecule has 145 heavy (non-hydrogen) atoms. The monoisotopic (exact) mass is 2540 g/mol. The van der Waals surface area contributed by atoms with Crippen molar-refractivity contribution in [2.75, 3.05) is 32.7 Å². The Morgan fingerprint density at radius 3 is 0.855 bits per heavy atom. The third-order valence-corrected chi connectivity index (χ3v) is 28.3. The van der Waals surface area contributed by atoms with Crippen LogP contribution in [0.1, 0.15) is 154 Å². The van der Waals surface area contributed by atoms with Crippen LogP contribution < -0.4 is 54.0 Å². The largest absolute Gasteiger partial charge is 0.444 e. The number of nitrogens with one attached hydrogen (secondary N) is 8. The molecule has 0 aliphatic carbocycles. The Labute approximate surface area is 907 Å². The summed E-state index contributed by atoms with van der Waals surface area (Å²) in [7, 11) is 0. The normalized spacial score (nSPS) is 13.3. The lowest BCUT2D eigenvalue weighted by Gasteiger charge is -2.27. The molecule has 0 saturated heterocycles. The molecule has 792 valence electrons. The van der Waals surface area contributed by atoms with E-state index in [2.05, 4.69) is 202 Å².